The highest BCUT2D eigenvalue weighted by Gasteiger charge is 2.25. The minimum atomic E-state index is -0.0338. The molecule has 5 nitrogen and oxygen atoms in total. The molecule has 1 aliphatic rings. The molecule has 0 saturated carbocycles. The number of nitrogens with one attached hydrogen (secondary N) is 1. The zero-order valence-corrected chi connectivity index (χ0v) is 10.4. The summed E-state index contributed by atoms with van der Waals surface area (Å²) in [5.74, 6) is 1.00. The molecule has 17 heavy (non-hydrogen) atoms. The highest BCUT2D eigenvalue weighted by molar-refractivity contribution is 5.91. The molecule has 1 saturated heterocycles. The summed E-state index contributed by atoms with van der Waals surface area (Å²) in [4.78, 5) is 13.9. The van der Waals surface area contributed by atoms with Gasteiger partial charge < -0.3 is 14.7 Å². The second-order valence-corrected chi connectivity index (χ2v) is 4.63. The highest BCUT2D eigenvalue weighted by Crippen LogP contribution is 2.18. The van der Waals surface area contributed by atoms with Gasteiger partial charge in [-0.2, -0.15) is 0 Å². The molecule has 0 spiro atoms. The molecule has 0 bridgehead atoms. The molecule has 0 aromatic carbocycles. The summed E-state index contributed by atoms with van der Waals surface area (Å²) >= 11 is 0. The number of carbonyl (C=O) groups excluding carboxylic acids is 1. The molecule has 0 unspecified atom stereocenters. The van der Waals surface area contributed by atoms with Gasteiger partial charge in [-0.25, -0.2) is 0 Å². The Balaban J connectivity index is 1.90. The van der Waals surface area contributed by atoms with Gasteiger partial charge in [0.15, 0.2) is 0 Å². The zero-order valence-electron chi connectivity index (χ0n) is 10.4. The first-order valence-corrected chi connectivity index (χ1v) is 6.08. The summed E-state index contributed by atoms with van der Waals surface area (Å²) in [5, 5.41) is 6.93. The van der Waals surface area contributed by atoms with E-state index in [1.54, 1.807) is 6.07 Å². The van der Waals surface area contributed by atoms with Crippen LogP contribution in [0.4, 0.5) is 0 Å². The number of piperidine rings is 1. The first-order chi connectivity index (χ1) is 8.20. The van der Waals surface area contributed by atoms with Crippen molar-refractivity contribution in [3.8, 4) is 0 Å². The maximum absolute atomic E-state index is 12.1. The second-order valence-electron chi connectivity index (χ2n) is 4.63. The first kappa shape index (κ1) is 12.1. The van der Waals surface area contributed by atoms with Gasteiger partial charge in [-0.1, -0.05) is 5.16 Å². The molecular formula is C12H19N3O2. The number of carbonyl (C=O) groups is 1. The Morgan fingerprint density at radius 3 is 2.82 bits per heavy atom. The van der Waals surface area contributed by atoms with Gasteiger partial charge in [-0.05, 0) is 39.3 Å². The van der Waals surface area contributed by atoms with E-state index in [1.165, 1.54) is 0 Å². The van der Waals surface area contributed by atoms with Crippen molar-refractivity contribution in [3.63, 3.8) is 0 Å². The number of hydrogen-bond acceptors (Lipinski definition) is 4. The molecule has 5 heteroatoms. The Bertz CT molecular complexity index is 381. The number of nitrogens with zero attached hydrogens (tertiary/aromatic N) is 2. The summed E-state index contributed by atoms with van der Waals surface area (Å²) in [5.41, 5.74) is 0.749. The van der Waals surface area contributed by atoms with Gasteiger partial charge in [0.25, 0.3) is 5.91 Å². The summed E-state index contributed by atoms with van der Waals surface area (Å²) in [7, 11) is 1.97. The van der Waals surface area contributed by atoms with Crippen LogP contribution in [-0.4, -0.2) is 42.6 Å². The average molecular weight is 237 g/mol. The molecule has 2 heterocycles. The maximum atomic E-state index is 12.1. The monoisotopic (exact) mass is 237 g/mol. The molecular weight excluding hydrogens is 218 g/mol. The van der Waals surface area contributed by atoms with Crippen LogP contribution in [-0.2, 0) is 0 Å². The lowest BCUT2D eigenvalue weighted by molar-refractivity contribution is 0.0649. The van der Waals surface area contributed by atoms with Crippen molar-refractivity contribution >= 4 is 5.91 Å². The van der Waals surface area contributed by atoms with Crippen LogP contribution in [0.3, 0.4) is 0 Å². The van der Waals surface area contributed by atoms with E-state index in [1.807, 2.05) is 18.9 Å². The number of likely N-dealkylation sites (tertiary alicyclic amines) is 1. The van der Waals surface area contributed by atoms with Gasteiger partial charge in [0.1, 0.15) is 0 Å². The lowest BCUT2D eigenvalue weighted by atomic mass is 9.97. The Hall–Kier alpha value is -1.36. The van der Waals surface area contributed by atoms with Crippen LogP contribution in [0, 0.1) is 12.8 Å². The molecule has 1 amide bonds. The van der Waals surface area contributed by atoms with Crippen LogP contribution in [0.1, 0.15) is 29.1 Å². The molecule has 1 N–H and O–H groups in total. The molecule has 94 valence electrons. The summed E-state index contributed by atoms with van der Waals surface area (Å²) in [6, 6.07) is 1.70. The molecule has 0 atom stereocenters. The number of rotatable bonds is 3. The Morgan fingerprint density at radius 2 is 2.29 bits per heavy atom. The normalized spacial score (nSPS) is 17.4. The van der Waals surface area contributed by atoms with Gasteiger partial charge in [0.2, 0.25) is 5.76 Å². The fraction of sp³-hybridized carbons (Fsp3) is 0.667. The largest absolute Gasteiger partial charge is 0.351 e. The molecule has 2 rings (SSSR count). The summed E-state index contributed by atoms with van der Waals surface area (Å²) in [6.07, 6.45) is 2.11. The Morgan fingerprint density at radius 1 is 1.59 bits per heavy atom. The van der Waals surface area contributed by atoms with E-state index in [9.17, 15) is 4.79 Å². The van der Waals surface area contributed by atoms with E-state index in [0.29, 0.717) is 11.7 Å². The summed E-state index contributed by atoms with van der Waals surface area (Å²) in [6.45, 7) is 4.47. The first-order valence-electron chi connectivity index (χ1n) is 6.08. The summed E-state index contributed by atoms with van der Waals surface area (Å²) < 4.78 is 5.00. The van der Waals surface area contributed by atoms with Gasteiger partial charge in [0, 0.05) is 19.2 Å². The Kier molecular flexibility index (Phi) is 3.78. The van der Waals surface area contributed by atoms with Gasteiger partial charge >= 0.3 is 0 Å². The van der Waals surface area contributed by atoms with Crippen LogP contribution < -0.4 is 5.32 Å². The molecule has 1 fully saturated rings. The molecule has 1 aromatic rings. The van der Waals surface area contributed by atoms with E-state index in [-0.39, 0.29) is 5.91 Å². The van der Waals surface area contributed by atoms with Gasteiger partial charge in [-0.15, -0.1) is 0 Å². The van der Waals surface area contributed by atoms with Crippen LogP contribution in [0.5, 0.6) is 0 Å². The standard InChI is InChI=1S/C12H19N3O2/c1-9-7-11(17-14-9)12(16)15-5-3-10(4-6-15)8-13-2/h7,10,13H,3-6,8H2,1-2H3. The lowest BCUT2D eigenvalue weighted by Gasteiger charge is -2.31. The highest BCUT2D eigenvalue weighted by atomic mass is 16.5. The van der Waals surface area contributed by atoms with E-state index in [4.69, 9.17) is 4.52 Å². The van der Waals surface area contributed by atoms with E-state index in [0.717, 1.165) is 38.2 Å². The number of aryl methyl sites for hydroxylation is 1. The zero-order chi connectivity index (χ0) is 12.3. The molecule has 0 radical (unpaired) electrons. The van der Waals surface area contributed by atoms with Gasteiger partial charge in [-0.3, -0.25) is 4.79 Å². The van der Waals surface area contributed by atoms with E-state index >= 15 is 0 Å². The van der Waals surface area contributed by atoms with Crippen molar-refractivity contribution in [2.24, 2.45) is 5.92 Å². The second kappa shape index (κ2) is 5.31. The predicted octanol–water partition coefficient (Wildman–Crippen LogP) is 1.05. The van der Waals surface area contributed by atoms with E-state index in [2.05, 4.69) is 10.5 Å². The van der Waals surface area contributed by atoms with Crippen LogP contribution in [0.2, 0.25) is 0 Å². The average Bonchev–Trinajstić information content (AvgIpc) is 2.76. The van der Waals surface area contributed by atoms with Crippen LogP contribution in [0.25, 0.3) is 0 Å². The van der Waals surface area contributed by atoms with Crippen molar-refractivity contribution in [2.75, 3.05) is 26.7 Å². The Labute approximate surface area is 101 Å². The third-order valence-corrected chi connectivity index (χ3v) is 3.23. The SMILES string of the molecule is CNCC1CCN(C(=O)c2cc(C)no2)CC1. The van der Waals surface area contributed by atoms with Crippen LogP contribution >= 0.6 is 0 Å². The number of amides is 1. The smallest absolute Gasteiger partial charge is 0.292 e. The van der Waals surface area contributed by atoms with Crippen molar-refractivity contribution in [1.82, 2.24) is 15.4 Å². The van der Waals surface area contributed by atoms with Crippen molar-refractivity contribution in [2.45, 2.75) is 19.8 Å². The third-order valence-electron chi connectivity index (χ3n) is 3.23. The topological polar surface area (TPSA) is 58.4 Å². The van der Waals surface area contributed by atoms with E-state index < -0.39 is 0 Å². The fourth-order valence-electron chi connectivity index (χ4n) is 2.25. The molecule has 0 aliphatic carbocycles. The van der Waals surface area contributed by atoms with Crippen LogP contribution in [0.15, 0.2) is 10.6 Å². The third kappa shape index (κ3) is 2.85. The fourth-order valence-corrected chi connectivity index (χ4v) is 2.25. The number of aromatic nitrogens is 1. The number of hydrogen-bond donors (Lipinski definition) is 1. The maximum Gasteiger partial charge on any atom is 0.292 e. The van der Waals surface area contributed by atoms with Crippen molar-refractivity contribution < 1.29 is 9.32 Å². The van der Waals surface area contributed by atoms with Gasteiger partial charge in [0.05, 0.1) is 5.69 Å². The molecule has 1 aliphatic heterocycles. The predicted molar refractivity (Wildman–Crippen MR) is 63.8 cm³/mol. The lowest BCUT2D eigenvalue weighted by Crippen LogP contribution is -2.40. The minimum absolute atomic E-state index is 0.0338. The minimum Gasteiger partial charge on any atom is -0.351 e. The van der Waals surface area contributed by atoms with Crippen molar-refractivity contribution in [3.05, 3.63) is 17.5 Å². The van der Waals surface area contributed by atoms with Crippen molar-refractivity contribution in [1.29, 1.82) is 0 Å². The molecule has 1 aromatic heterocycles. The quantitative estimate of drug-likeness (QED) is 0.854.